The Labute approximate surface area is 96.2 Å². The number of hydrogen-bond donors (Lipinski definition) is 2. The highest BCUT2D eigenvalue weighted by molar-refractivity contribution is 5.83. The fraction of sp³-hybridized carbons (Fsp3) is 0.818. The molecule has 2 N–H and O–H groups in total. The number of aliphatic carboxylic acids is 1. The van der Waals surface area contributed by atoms with Crippen molar-refractivity contribution >= 4 is 11.9 Å². The first kappa shape index (κ1) is 14.9. The zero-order valence-corrected chi connectivity index (χ0v) is 10.3. The van der Waals surface area contributed by atoms with Crippen LogP contribution in [-0.2, 0) is 14.3 Å². The lowest BCUT2D eigenvalue weighted by Gasteiger charge is -2.18. The van der Waals surface area contributed by atoms with Gasteiger partial charge in [0.15, 0.2) is 0 Å². The Morgan fingerprint density at radius 1 is 1.31 bits per heavy atom. The molecule has 0 aromatic heterocycles. The maximum Gasteiger partial charge on any atom is 0.326 e. The highest BCUT2D eigenvalue weighted by Crippen LogP contribution is 2.04. The molecule has 2 atom stereocenters. The summed E-state index contributed by atoms with van der Waals surface area (Å²) in [4.78, 5) is 22.3. The van der Waals surface area contributed by atoms with Gasteiger partial charge < -0.3 is 15.2 Å². The van der Waals surface area contributed by atoms with E-state index in [4.69, 9.17) is 9.84 Å². The number of carbonyl (C=O) groups is 2. The van der Waals surface area contributed by atoms with Gasteiger partial charge in [0.2, 0.25) is 5.91 Å². The number of methoxy groups -OCH3 is 1. The van der Waals surface area contributed by atoms with Crippen molar-refractivity contribution in [2.75, 3.05) is 7.11 Å². The second-order valence-electron chi connectivity index (χ2n) is 4.21. The van der Waals surface area contributed by atoms with Gasteiger partial charge in [0.25, 0.3) is 0 Å². The predicted octanol–water partition coefficient (Wildman–Crippen LogP) is 1.03. The molecule has 0 spiro atoms. The first-order chi connectivity index (χ1) is 7.38. The molecular weight excluding hydrogens is 210 g/mol. The van der Waals surface area contributed by atoms with E-state index in [-0.39, 0.29) is 24.3 Å². The summed E-state index contributed by atoms with van der Waals surface area (Å²) in [6.07, 6.45) is 0.881. The van der Waals surface area contributed by atoms with Crippen LogP contribution in [-0.4, -0.2) is 36.2 Å². The SMILES string of the molecule is COC(C)CCC(=O)N[C@H](C(=O)O)C(C)C. The number of ether oxygens (including phenoxy) is 1. The van der Waals surface area contributed by atoms with E-state index in [0.29, 0.717) is 6.42 Å². The molecule has 0 heterocycles. The van der Waals surface area contributed by atoms with Gasteiger partial charge in [0, 0.05) is 13.5 Å². The number of rotatable bonds is 7. The van der Waals surface area contributed by atoms with Crippen molar-refractivity contribution in [3.63, 3.8) is 0 Å². The van der Waals surface area contributed by atoms with Crippen molar-refractivity contribution in [2.45, 2.75) is 45.8 Å². The molecule has 1 unspecified atom stereocenters. The molecule has 1 amide bonds. The van der Waals surface area contributed by atoms with Crippen molar-refractivity contribution in [3.05, 3.63) is 0 Å². The summed E-state index contributed by atoms with van der Waals surface area (Å²) in [5.74, 6) is -1.37. The molecule has 94 valence electrons. The average Bonchev–Trinajstić information content (AvgIpc) is 2.21. The van der Waals surface area contributed by atoms with Gasteiger partial charge in [0.1, 0.15) is 6.04 Å². The second kappa shape index (κ2) is 7.22. The van der Waals surface area contributed by atoms with Gasteiger partial charge in [-0.2, -0.15) is 0 Å². The van der Waals surface area contributed by atoms with E-state index in [1.165, 1.54) is 0 Å². The normalized spacial score (nSPS) is 14.6. The Hall–Kier alpha value is -1.10. The highest BCUT2D eigenvalue weighted by atomic mass is 16.5. The lowest BCUT2D eigenvalue weighted by molar-refractivity contribution is -0.143. The van der Waals surface area contributed by atoms with E-state index >= 15 is 0 Å². The lowest BCUT2D eigenvalue weighted by atomic mass is 10.0. The fourth-order valence-electron chi connectivity index (χ4n) is 1.21. The summed E-state index contributed by atoms with van der Waals surface area (Å²) in [5, 5.41) is 11.4. The minimum absolute atomic E-state index is 0.00748. The molecular formula is C11H21NO4. The molecule has 0 rings (SSSR count). The molecule has 0 aliphatic rings. The molecule has 0 bridgehead atoms. The maximum atomic E-state index is 11.5. The largest absolute Gasteiger partial charge is 0.480 e. The molecule has 0 fully saturated rings. The van der Waals surface area contributed by atoms with Gasteiger partial charge in [-0.25, -0.2) is 4.79 Å². The van der Waals surface area contributed by atoms with Crippen LogP contribution in [0.2, 0.25) is 0 Å². The molecule has 0 saturated heterocycles. The molecule has 0 aromatic carbocycles. The van der Waals surface area contributed by atoms with Crippen molar-refractivity contribution in [2.24, 2.45) is 5.92 Å². The topological polar surface area (TPSA) is 75.6 Å². The summed E-state index contributed by atoms with van der Waals surface area (Å²) < 4.78 is 5.00. The van der Waals surface area contributed by atoms with E-state index in [1.807, 2.05) is 6.92 Å². The average molecular weight is 231 g/mol. The summed E-state index contributed by atoms with van der Waals surface area (Å²) in [7, 11) is 1.58. The summed E-state index contributed by atoms with van der Waals surface area (Å²) in [6.45, 7) is 5.39. The number of carboxylic acids is 1. The van der Waals surface area contributed by atoms with Crippen LogP contribution in [0, 0.1) is 5.92 Å². The zero-order valence-electron chi connectivity index (χ0n) is 10.3. The van der Waals surface area contributed by atoms with Crippen molar-refractivity contribution in [1.82, 2.24) is 5.32 Å². The molecule has 5 heteroatoms. The third-order valence-corrected chi connectivity index (χ3v) is 2.43. The molecule has 0 radical (unpaired) electrons. The van der Waals surface area contributed by atoms with Gasteiger partial charge in [-0.3, -0.25) is 4.79 Å². The van der Waals surface area contributed by atoms with Crippen LogP contribution in [0.4, 0.5) is 0 Å². The van der Waals surface area contributed by atoms with Crippen molar-refractivity contribution in [1.29, 1.82) is 0 Å². The number of carbonyl (C=O) groups excluding carboxylic acids is 1. The molecule has 0 aliphatic carbocycles. The van der Waals surface area contributed by atoms with Crippen LogP contribution in [0.15, 0.2) is 0 Å². The van der Waals surface area contributed by atoms with E-state index < -0.39 is 12.0 Å². The molecule has 5 nitrogen and oxygen atoms in total. The molecule has 16 heavy (non-hydrogen) atoms. The summed E-state index contributed by atoms with van der Waals surface area (Å²) in [6, 6.07) is -0.814. The first-order valence-corrected chi connectivity index (χ1v) is 5.43. The van der Waals surface area contributed by atoms with Gasteiger partial charge in [0.05, 0.1) is 6.10 Å². The van der Waals surface area contributed by atoms with Crippen LogP contribution in [0.25, 0.3) is 0 Å². The van der Waals surface area contributed by atoms with E-state index in [1.54, 1.807) is 21.0 Å². The number of nitrogens with one attached hydrogen (secondary N) is 1. The monoisotopic (exact) mass is 231 g/mol. The lowest BCUT2D eigenvalue weighted by Crippen LogP contribution is -2.44. The molecule has 0 saturated carbocycles. The number of hydrogen-bond acceptors (Lipinski definition) is 3. The van der Waals surface area contributed by atoms with Gasteiger partial charge in [-0.1, -0.05) is 13.8 Å². The minimum atomic E-state index is -0.997. The Balaban J connectivity index is 4.06. The molecule has 0 aliphatic heterocycles. The fourth-order valence-corrected chi connectivity index (χ4v) is 1.21. The van der Waals surface area contributed by atoms with Crippen LogP contribution < -0.4 is 5.32 Å². The number of amides is 1. The maximum absolute atomic E-state index is 11.5. The third-order valence-electron chi connectivity index (χ3n) is 2.43. The van der Waals surface area contributed by atoms with Gasteiger partial charge >= 0.3 is 5.97 Å². The van der Waals surface area contributed by atoms with Gasteiger partial charge in [-0.05, 0) is 19.3 Å². The Morgan fingerprint density at radius 2 is 1.88 bits per heavy atom. The zero-order chi connectivity index (χ0) is 12.7. The quantitative estimate of drug-likeness (QED) is 0.686. The first-order valence-electron chi connectivity index (χ1n) is 5.43. The third kappa shape index (κ3) is 5.70. The number of carboxylic acid groups (broad SMARTS) is 1. The standard InChI is InChI=1S/C11H21NO4/c1-7(2)10(11(14)15)12-9(13)6-5-8(3)16-4/h7-8,10H,5-6H2,1-4H3,(H,12,13)(H,14,15)/t8?,10-/m0/s1. The van der Waals surface area contributed by atoms with Crippen molar-refractivity contribution in [3.8, 4) is 0 Å². The van der Waals surface area contributed by atoms with Crippen molar-refractivity contribution < 1.29 is 19.4 Å². The van der Waals surface area contributed by atoms with Gasteiger partial charge in [-0.15, -0.1) is 0 Å². The predicted molar refractivity (Wildman–Crippen MR) is 60.1 cm³/mol. The minimum Gasteiger partial charge on any atom is -0.480 e. The van der Waals surface area contributed by atoms with E-state index in [0.717, 1.165) is 0 Å². The smallest absolute Gasteiger partial charge is 0.326 e. The second-order valence-corrected chi connectivity index (χ2v) is 4.21. The highest BCUT2D eigenvalue weighted by Gasteiger charge is 2.23. The summed E-state index contributed by atoms with van der Waals surface area (Å²) >= 11 is 0. The van der Waals surface area contributed by atoms with Crippen LogP contribution >= 0.6 is 0 Å². The Bertz CT molecular complexity index is 240. The molecule has 0 aromatic rings. The van der Waals surface area contributed by atoms with Crippen LogP contribution in [0.3, 0.4) is 0 Å². The van der Waals surface area contributed by atoms with E-state index in [9.17, 15) is 9.59 Å². The van der Waals surface area contributed by atoms with Crippen LogP contribution in [0.1, 0.15) is 33.6 Å². The Kier molecular flexibility index (Phi) is 6.72. The summed E-state index contributed by atoms with van der Waals surface area (Å²) in [5.41, 5.74) is 0. The van der Waals surface area contributed by atoms with Crippen LogP contribution in [0.5, 0.6) is 0 Å². The van der Waals surface area contributed by atoms with E-state index in [2.05, 4.69) is 5.32 Å². The Morgan fingerprint density at radius 3 is 2.25 bits per heavy atom.